The summed E-state index contributed by atoms with van der Waals surface area (Å²) in [6.07, 6.45) is 0. The average Bonchev–Trinajstić information content (AvgIpc) is 2.68. The minimum absolute atomic E-state index is 0.0244. The lowest BCUT2D eigenvalue weighted by atomic mass is 10.1. The summed E-state index contributed by atoms with van der Waals surface area (Å²) in [5, 5.41) is 0. The normalized spacial score (nSPS) is 16.5. The molecule has 2 aromatic rings. The van der Waals surface area contributed by atoms with Crippen LogP contribution in [-0.4, -0.2) is 47.8 Å². The third kappa shape index (κ3) is 4.53. The number of para-hydroxylation sites is 1. The van der Waals surface area contributed by atoms with Crippen LogP contribution in [0, 0.1) is 0 Å². The highest BCUT2D eigenvalue weighted by molar-refractivity contribution is 6.27. The van der Waals surface area contributed by atoms with Crippen molar-refractivity contribution in [2.24, 2.45) is 0 Å². The summed E-state index contributed by atoms with van der Waals surface area (Å²) in [4.78, 5) is 15.9. The molecule has 0 aliphatic carbocycles. The Morgan fingerprint density at radius 2 is 1.60 bits per heavy atom. The summed E-state index contributed by atoms with van der Waals surface area (Å²) in [6.45, 7) is 5.42. The lowest BCUT2D eigenvalue weighted by Crippen LogP contribution is -2.49. The van der Waals surface area contributed by atoms with Gasteiger partial charge >= 0.3 is 0 Å². The number of piperazine rings is 1. The van der Waals surface area contributed by atoms with Crippen molar-refractivity contribution >= 4 is 17.5 Å². The van der Waals surface area contributed by atoms with Gasteiger partial charge in [0.2, 0.25) is 5.91 Å². The molecule has 3 rings (SSSR count). The average molecular weight is 359 g/mol. The minimum Gasteiger partial charge on any atom is -0.457 e. The van der Waals surface area contributed by atoms with Crippen LogP contribution in [0.2, 0.25) is 0 Å². The maximum atomic E-state index is 11.7. The Labute approximate surface area is 154 Å². The molecular weight excluding hydrogens is 336 g/mol. The van der Waals surface area contributed by atoms with E-state index in [-0.39, 0.29) is 11.8 Å². The van der Waals surface area contributed by atoms with Gasteiger partial charge in [0.05, 0.1) is 0 Å². The molecule has 1 unspecified atom stereocenters. The summed E-state index contributed by atoms with van der Waals surface area (Å²) >= 11 is 5.64. The Morgan fingerprint density at radius 3 is 2.20 bits per heavy atom. The molecule has 4 nitrogen and oxygen atoms in total. The van der Waals surface area contributed by atoms with E-state index in [1.54, 1.807) is 0 Å². The first kappa shape index (κ1) is 17.8. The fraction of sp³-hybridized carbons (Fsp3) is 0.350. The van der Waals surface area contributed by atoms with E-state index in [1.165, 1.54) is 5.56 Å². The number of alkyl halides is 1. The molecule has 1 saturated heterocycles. The molecule has 1 atom stereocenters. The van der Waals surface area contributed by atoms with E-state index >= 15 is 0 Å². The number of benzene rings is 2. The van der Waals surface area contributed by atoms with E-state index in [0.29, 0.717) is 6.04 Å². The number of amides is 1. The Balaban J connectivity index is 1.58. The largest absolute Gasteiger partial charge is 0.457 e. The lowest BCUT2D eigenvalue weighted by molar-refractivity contribution is -0.130. The van der Waals surface area contributed by atoms with Crippen LogP contribution >= 0.6 is 11.6 Å². The molecule has 2 aromatic carbocycles. The topological polar surface area (TPSA) is 32.8 Å². The van der Waals surface area contributed by atoms with Gasteiger partial charge in [0.1, 0.15) is 17.4 Å². The number of halogens is 1. The Hall–Kier alpha value is -2.04. The van der Waals surface area contributed by atoms with Crippen LogP contribution in [0.4, 0.5) is 0 Å². The molecule has 0 N–H and O–H groups in total. The summed E-state index contributed by atoms with van der Waals surface area (Å²) in [5.74, 6) is 1.76. The molecular formula is C20H23ClN2O2. The van der Waals surface area contributed by atoms with Crippen molar-refractivity contribution in [3.63, 3.8) is 0 Å². The Morgan fingerprint density at radius 1 is 1.00 bits per heavy atom. The molecule has 0 radical (unpaired) electrons. The van der Waals surface area contributed by atoms with Crippen LogP contribution in [0.25, 0.3) is 0 Å². The van der Waals surface area contributed by atoms with E-state index in [1.807, 2.05) is 47.4 Å². The fourth-order valence-electron chi connectivity index (χ4n) is 3.09. The van der Waals surface area contributed by atoms with Crippen LogP contribution in [0.15, 0.2) is 54.6 Å². The van der Waals surface area contributed by atoms with Crippen LogP contribution in [0.5, 0.6) is 11.5 Å². The van der Waals surface area contributed by atoms with E-state index < -0.39 is 0 Å². The summed E-state index contributed by atoms with van der Waals surface area (Å²) in [5.41, 5.74) is 1.25. The van der Waals surface area contributed by atoms with Gasteiger partial charge in [-0.15, -0.1) is 11.6 Å². The second-order valence-electron chi connectivity index (χ2n) is 6.21. The molecule has 1 aliphatic heterocycles. The zero-order chi connectivity index (χ0) is 17.6. The van der Waals surface area contributed by atoms with Crippen molar-refractivity contribution in [1.29, 1.82) is 0 Å². The molecule has 25 heavy (non-hydrogen) atoms. The highest BCUT2D eigenvalue weighted by Gasteiger charge is 2.24. The Kier molecular flexibility index (Phi) is 5.95. The predicted molar refractivity (Wildman–Crippen MR) is 100 cm³/mol. The zero-order valence-electron chi connectivity index (χ0n) is 14.4. The van der Waals surface area contributed by atoms with Crippen LogP contribution in [0.1, 0.15) is 18.5 Å². The first-order chi connectivity index (χ1) is 12.2. The summed E-state index contributed by atoms with van der Waals surface area (Å²) < 4.78 is 5.84. The molecule has 0 spiro atoms. The number of ether oxygens (including phenoxy) is 1. The predicted octanol–water partition coefficient (Wildman–Crippen LogP) is 3.92. The number of hydrogen-bond acceptors (Lipinski definition) is 3. The standard InChI is InChI=1S/C20H23ClN2O2/c1-16(22-11-13-23(14-12-22)20(24)15-21)17-7-9-19(10-8-17)25-18-5-3-2-4-6-18/h2-10,16H,11-15H2,1H3. The van der Waals surface area contributed by atoms with Crippen LogP contribution < -0.4 is 4.74 Å². The van der Waals surface area contributed by atoms with Crippen molar-refractivity contribution in [3.8, 4) is 11.5 Å². The van der Waals surface area contributed by atoms with Gasteiger partial charge in [0.25, 0.3) is 0 Å². The number of hydrogen-bond donors (Lipinski definition) is 0. The smallest absolute Gasteiger partial charge is 0.237 e. The maximum absolute atomic E-state index is 11.7. The summed E-state index contributed by atoms with van der Waals surface area (Å²) in [6, 6.07) is 18.3. The number of carbonyl (C=O) groups excluding carboxylic acids is 1. The quantitative estimate of drug-likeness (QED) is 0.759. The second kappa shape index (κ2) is 8.37. The highest BCUT2D eigenvalue weighted by Crippen LogP contribution is 2.26. The molecule has 1 heterocycles. The highest BCUT2D eigenvalue weighted by atomic mass is 35.5. The van der Waals surface area contributed by atoms with Crippen molar-refractivity contribution in [2.75, 3.05) is 32.1 Å². The van der Waals surface area contributed by atoms with Crippen molar-refractivity contribution in [1.82, 2.24) is 9.80 Å². The first-order valence-electron chi connectivity index (χ1n) is 8.58. The molecule has 1 aliphatic rings. The van der Waals surface area contributed by atoms with Gasteiger partial charge in [-0.05, 0) is 36.8 Å². The molecule has 0 aromatic heterocycles. The number of carbonyl (C=O) groups is 1. The first-order valence-corrected chi connectivity index (χ1v) is 9.11. The third-order valence-electron chi connectivity index (χ3n) is 4.67. The van der Waals surface area contributed by atoms with Crippen LogP contribution in [-0.2, 0) is 4.79 Å². The monoisotopic (exact) mass is 358 g/mol. The van der Waals surface area contributed by atoms with E-state index in [9.17, 15) is 4.79 Å². The van der Waals surface area contributed by atoms with E-state index in [4.69, 9.17) is 16.3 Å². The van der Waals surface area contributed by atoms with Crippen molar-refractivity contribution in [2.45, 2.75) is 13.0 Å². The van der Waals surface area contributed by atoms with Gasteiger partial charge in [-0.1, -0.05) is 30.3 Å². The molecule has 0 bridgehead atoms. The zero-order valence-corrected chi connectivity index (χ0v) is 15.2. The van der Waals surface area contributed by atoms with Crippen LogP contribution in [0.3, 0.4) is 0 Å². The summed E-state index contributed by atoms with van der Waals surface area (Å²) in [7, 11) is 0. The van der Waals surface area contributed by atoms with Gasteiger partial charge in [0.15, 0.2) is 0 Å². The Bertz CT molecular complexity index is 683. The molecule has 1 amide bonds. The van der Waals surface area contributed by atoms with E-state index in [2.05, 4.69) is 24.0 Å². The molecule has 0 saturated carbocycles. The number of rotatable bonds is 5. The molecule has 5 heteroatoms. The molecule has 132 valence electrons. The minimum atomic E-state index is 0.0244. The van der Waals surface area contributed by atoms with Crippen molar-refractivity contribution in [3.05, 3.63) is 60.2 Å². The number of nitrogens with zero attached hydrogens (tertiary/aromatic N) is 2. The van der Waals surface area contributed by atoms with Gasteiger partial charge in [0, 0.05) is 32.2 Å². The van der Waals surface area contributed by atoms with Gasteiger partial charge < -0.3 is 9.64 Å². The maximum Gasteiger partial charge on any atom is 0.237 e. The third-order valence-corrected chi connectivity index (χ3v) is 4.90. The molecule has 1 fully saturated rings. The van der Waals surface area contributed by atoms with E-state index in [0.717, 1.165) is 37.7 Å². The van der Waals surface area contributed by atoms with Gasteiger partial charge in [-0.2, -0.15) is 0 Å². The SMILES string of the molecule is CC(c1ccc(Oc2ccccc2)cc1)N1CCN(C(=O)CCl)CC1. The lowest BCUT2D eigenvalue weighted by Gasteiger charge is -2.38. The van der Waals surface area contributed by atoms with Gasteiger partial charge in [-0.3, -0.25) is 9.69 Å². The van der Waals surface area contributed by atoms with Crippen molar-refractivity contribution < 1.29 is 9.53 Å². The second-order valence-corrected chi connectivity index (χ2v) is 6.48. The fourth-order valence-corrected chi connectivity index (χ4v) is 3.26. The van der Waals surface area contributed by atoms with Gasteiger partial charge in [-0.25, -0.2) is 0 Å².